The van der Waals surface area contributed by atoms with E-state index in [2.05, 4.69) is 10.3 Å². The molecule has 0 bridgehead atoms. The average molecular weight is 287 g/mol. The Balaban J connectivity index is 1.98. The molecular formula is C16H21N3O2. The Kier molecular flexibility index (Phi) is 3.04. The minimum atomic E-state index is -0.861. The predicted octanol–water partition coefficient (Wildman–Crippen LogP) is 1.49. The van der Waals surface area contributed by atoms with Crippen LogP contribution in [0.4, 0.5) is 0 Å². The van der Waals surface area contributed by atoms with Crippen LogP contribution < -0.4 is 5.32 Å². The fourth-order valence-corrected chi connectivity index (χ4v) is 3.08. The van der Waals surface area contributed by atoms with Crippen molar-refractivity contribution >= 4 is 11.8 Å². The maximum atomic E-state index is 12.8. The molecule has 2 amide bonds. The number of pyridine rings is 1. The summed E-state index contributed by atoms with van der Waals surface area (Å²) in [7, 11) is 0. The van der Waals surface area contributed by atoms with Gasteiger partial charge in [-0.05, 0) is 51.7 Å². The number of carbonyl (C=O) groups is 2. The van der Waals surface area contributed by atoms with Crippen LogP contribution in [0.15, 0.2) is 24.4 Å². The molecule has 1 saturated carbocycles. The number of amides is 2. The van der Waals surface area contributed by atoms with E-state index in [-0.39, 0.29) is 17.7 Å². The first-order valence-corrected chi connectivity index (χ1v) is 7.40. The van der Waals surface area contributed by atoms with Crippen molar-refractivity contribution in [1.82, 2.24) is 15.2 Å². The quantitative estimate of drug-likeness (QED) is 0.916. The summed E-state index contributed by atoms with van der Waals surface area (Å²) in [4.78, 5) is 31.5. The Morgan fingerprint density at radius 2 is 2.00 bits per heavy atom. The van der Waals surface area contributed by atoms with E-state index in [1.54, 1.807) is 24.9 Å². The predicted molar refractivity (Wildman–Crippen MR) is 78.1 cm³/mol. The second-order valence-corrected chi connectivity index (χ2v) is 6.71. The summed E-state index contributed by atoms with van der Waals surface area (Å²) in [6, 6.07) is 5.63. The molecule has 1 saturated heterocycles. The maximum absolute atomic E-state index is 12.8. The van der Waals surface area contributed by atoms with Gasteiger partial charge in [0.2, 0.25) is 11.8 Å². The molecule has 112 valence electrons. The van der Waals surface area contributed by atoms with Crippen molar-refractivity contribution in [2.75, 3.05) is 0 Å². The van der Waals surface area contributed by atoms with Gasteiger partial charge in [-0.15, -0.1) is 0 Å². The number of hydrogen-bond donors (Lipinski definition) is 1. The molecule has 3 rings (SSSR count). The molecule has 2 heterocycles. The molecule has 0 radical (unpaired) electrons. The Morgan fingerprint density at radius 3 is 2.57 bits per heavy atom. The summed E-state index contributed by atoms with van der Waals surface area (Å²) in [6.07, 6.45) is 3.70. The van der Waals surface area contributed by atoms with Crippen LogP contribution in [0.2, 0.25) is 0 Å². The fourth-order valence-electron chi connectivity index (χ4n) is 3.08. The summed E-state index contributed by atoms with van der Waals surface area (Å²) >= 11 is 0. The topological polar surface area (TPSA) is 62.3 Å². The van der Waals surface area contributed by atoms with E-state index in [0.717, 1.165) is 18.5 Å². The highest BCUT2D eigenvalue weighted by atomic mass is 16.2. The maximum Gasteiger partial charge on any atom is 0.248 e. The van der Waals surface area contributed by atoms with Crippen LogP contribution in [-0.2, 0) is 16.1 Å². The van der Waals surface area contributed by atoms with Gasteiger partial charge in [0.05, 0.1) is 12.2 Å². The van der Waals surface area contributed by atoms with E-state index in [0.29, 0.717) is 6.54 Å². The van der Waals surface area contributed by atoms with Crippen LogP contribution in [0, 0.1) is 5.92 Å². The van der Waals surface area contributed by atoms with Crippen LogP contribution in [0.1, 0.15) is 39.3 Å². The third kappa shape index (κ3) is 2.20. The largest absolute Gasteiger partial charge is 0.340 e. The lowest BCUT2D eigenvalue weighted by molar-refractivity contribution is -0.163. The Morgan fingerprint density at radius 1 is 1.29 bits per heavy atom. The molecule has 1 aliphatic carbocycles. The van der Waals surface area contributed by atoms with Gasteiger partial charge in [0.15, 0.2) is 0 Å². The fraction of sp³-hybridized carbons (Fsp3) is 0.562. The summed E-state index contributed by atoms with van der Waals surface area (Å²) in [6.45, 7) is 5.77. The van der Waals surface area contributed by atoms with E-state index >= 15 is 0 Å². The lowest BCUT2D eigenvalue weighted by Gasteiger charge is -2.49. The SMILES string of the molecule is CC1(C)NC(=O)C(C)(C2CC2)N(Cc2ccccn2)C1=O. The summed E-state index contributed by atoms with van der Waals surface area (Å²) < 4.78 is 0. The van der Waals surface area contributed by atoms with E-state index in [1.807, 2.05) is 25.1 Å². The first-order chi connectivity index (χ1) is 9.85. The van der Waals surface area contributed by atoms with Crippen molar-refractivity contribution in [3.8, 4) is 0 Å². The third-order valence-corrected chi connectivity index (χ3v) is 4.64. The third-order valence-electron chi connectivity index (χ3n) is 4.64. The van der Waals surface area contributed by atoms with Crippen molar-refractivity contribution in [2.24, 2.45) is 5.92 Å². The van der Waals surface area contributed by atoms with Gasteiger partial charge in [-0.3, -0.25) is 14.6 Å². The number of nitrogens with zero attached hydrogens (tertiary/aromatic N) is 2. The van der Waals surface area contributed by atoms with Crippen molar-refractivity contribution < 1.29 is 9.59 Å². The van der Waals surface area contributed by atoms with E-state index in [4.69, 9.17) is 0 Å². The van der Waals surface area contributed by atoms with Gasteiger partial charge in [0.25, 0.3) is 0 Å². The van der Waals surface area contributed by atoms with Crippen molar-refractivity contribution in [3.63, 3.8) is 0 Å². The molecule has 1 aromatic heterocycles. The van der Waals surface area contributed by atoms with Gasteiger partial charge in [-0.2, -0.15) is 0 Å². The number of carbonyl (C=O) groups excluding carboxylic acids is 2. The number of rotatable bonds is 3. The Labute approximate surface area is 124 Å². The molecular weight excluding hydrogens is 266 g/mol. The van der Waals surface area contributed by atoms with Crippen LogP contribution in [0.5, 0.6) is 0 Å². The highest BCUT2D eigenvalue weighted by molar-refractivity contribution is 6.02. The minimum absolute atomic E-state index is 0.0397. The van der Waals surface area contributed by atoms with Gasteiger partial charge in [-0.1, -0.05) is 6.07 Å². The van der Waals surface area contributed by atoms with Crippen molar-refractivity contribution in [3.05, 3.63) is 30.1 Å². The molecule has 0 aromatic carbocycles. The molecule has 1 N–H and O–H groups in total. The molecule has 2 aliphatic rings. The van der Waals surface area contributed by atoms with E-state index in [9.17, 15) is 9.59 Å². The van der Waals surface area contributed by atoms with E-state index < -0.39 is 11.1 Å². The molecule has 5 heteroatoms. The average Bonchev–Trinajstić information content (AvgIpc) is 3.27. The van der Waals surface area contributed by atoms with Crippen LogP contribution in [0.3, 0.4) is 0 Å². The molecule has 5 nitrogen and oxygen atoms in total. The lowest BCUT2D eigenvalue weighted by Crippen LogP contribution is -2.73. The molecule has 1 aliphatic heterocycles. The van der Waals surface area contributed by atoms with Gasteiger partial charge in [0.1, 0.15) is 11.1 Å². The number of piperazine rings is 1. The van der Waals surface area contributed by atoms with Gasteiger partial charge >= 0.3 is 0 Å². The lowest BCUT2D eigenvalue weighted by atomic mass is 9.84. The van der Waals surface area contributed by atoms with Gasteiger partial charge in [-0.25, -0.2) is 0 Å². The Hall–Kier alpha value is -1.91. The molecule has 1 atom stereocenters. The number of nitrogens with one attached hydrogen (secondary N) is 1. The van der Waals surface area contributed by atoms with Crippen LogP contribution in [-0.4, -0.2) is 32.8 Å². The van der Waals surface area contributed by atoms with E-state index in [1.165, 1.54) is 0 Å². The van der Waals surface area contributed by atoms with Crippen LogP contribution >= 0.6 is 0 Å². The summed E-state index contributed by atoms with van der Waals surface area (Å²) in [5.74, 6) is 0.161. The van der Waals surface area contributed by atoms with Gasteiger partial charge in [0, 0.05) is 6.20 Å². The monoisotopic (exact) mass is 287 g/mol. The zero-order chi connectivity index (χ0) is 15.3. The number of aromatic nitrogens is 1. The second kappa shape index (κ2) is 4.55. The first-order valence-electron chi connectivity index (χ1n) is 7.40. The van der Waals surface area contributed by atoms with Crippen molar-refractivity contribution in [1.29, 1.82) is 0 Å². The van der Waals surface area contributed by atoms with Crippen LogP contribution in [0.25, 0.3) is 0 Å². The molecule has 21 heavy (non-hydrogen) atoms. The summed E-state index contributed by atoms with van der Waals surface area (Å²) in [5.41, 5.74) is -0.812. The second-order valence-electron chi connectivity index (χ2n) is 6.71. The number of hydrogen-bond acceptors (Lipinski definition) is 3. The minimum Gasteiger partial charge on any atom is -0.340 e. The van der Waals surface area contributed by atoms with Gasteiger partial charge < -0.3 is 10.2 Å². The molecule has 0 spiro atoms. The highest BCUT2D eigenvalue weighted by Crippen LogP contribution is 2.46. The normalized spacial score (nSPS) is 28.4. The zero-order valence-corrected chi connectivity index (χ0v) is 12.7. The smallest absolute Gasteiger partial charge is 0.248 e. The highest BCUT2D eigenvalue weighted by Gasteiger charge is 2.59. The molecule has 2 fully saturated rings. The van der Waals surface area contributed by atoms with Crippen molar-refractivity contribution in [2.45, 2.75) is 51.2 Å². The zero-order valence-electron chi connectivity index (χ0n) is 12.7. The molecule has 1 aromatic rings. The molecule has 1 unspecified atom stereocenters. The standard InChI is InChI=1S/C16H21N3O2/c1-15(2)14(21)19(10-12-6-4-5-9-17-12)16(3,11-7-8-11)13(20)18-15/h4-6,9,11H,7-8,10H2,1-3H3,(H,18,20). The first kappa shape index (κ1) is 14.0. The summed E-state index contributed by atoms with van der Waals surface area (Å²) in [5, 5.41) is 2.88. The Bertz CT molecular complexity index is 580.